The molecule has 0 atom stereocenters. The fourth-order valence-corrected chi connectivity index (χ4v) is 4.11. The summed E-state index contributed by atoms with van der Waals surface area (Å²) in [4.78, 5) is 47.4. The summed E-state index contributed by atoms with van der Waals surface area (Å²) >= 11 is 6.35. The van der Waals surface area contributed by atoms with Crippen LogP contribution in [-0.4, -0.2) is 26.3 Å². The van der Waals surface area contributed by atoms with Crippen molar-refractivity contribution in [2.45, 2.75) is 6.92 Å². The summed E-state index contributed by atoms with van der Waals surface area (Å²) in [6.45, 7) is 1.55. The van der Waals surface area contributed by atoms with Gasteiger partial charge in [-0.15, -0.1) is 0 Å². The molecule has 174 valence electrons. The number of pyridine rings is 1. The molecule has 3 aromatic heterocycles. The number of furan rings is 1. The number of aromatic nitrogens is 3. The van der Waals surface area contributed by atoms with Crippen LogP contribution >= 0.6 is 11.6 Å². The van der Waals surface area contributed by atoms with Gasteiger partial charge in [-0.3, -0.25) is 25.2 Å². The molecule has 35 heavy (non-hydrogen) atoms. The number of nitrogens with zero attached hydrogens (tertiary/aromatic N) is 3. The minimum atomic E-state index is -0.704. The summed E-state index contributed by atoms with van der Waals surface area (Å²) in [5, 5.41) is 1.13. The van der Waals surface area contributed by atoms with Crippen LogP contribution in [-0.2, 0) is 7.05 Å². The third kappa shape index (κ3) is 3.91. The van der Waals surface area contributed by atoms with Gasteiger partial charge in [0.2, 0.25) is 5.71 Å². The second-order valence-corrected chi connectivity index (χ2v) is 8.24. The first-order valence-corrected chi connectivity index (χ1v) is 10.9. The second kappa shape index (κ2) is 8.69. The Bertz CT molecular complexity index is 1710. The van der Waals surface area contributed by atoms with Gasteiger partial charge in [0.1, 0.15) is 17.5 Å². The predicted octanol–water partition coefficient (Wildman–Crippen LogP) is 3.78. The number of carbonyl (C=O) groups is 2. The van der Waals surface area contributed by atoms with Crippen LogP contribution in [0.2, 0.25) is 5.02 Å². The number of hydrogen-bond donors (Lipinski definition) is 2. The smallest absolute Gasteiger partial charge is 0.274 e. The van der Waals surface area contributed by atoms with Crippen molar-refractivity contribution in [2.75, 3.05) is 0 Å². The fraction of sp³-hybridized carbons (Fsp3) is 0.0800. The van der Waals surface area contributed by atoms with Crippen molar-refractivity contribution in [3.63, 3.8) is 0 Å². The van der Waals surface area contributed by atoms with Crippen molar-refractivity contribution in [3.05, 3.63) is 93.2 Å². The van der Waals surface area contributed by atoms with E-state index in [0.717, 1.165) is 0 Å². The first-order chi connectivity index (χ1) is 16.8. The molecule has 10 heteroatoms. The molecular weight excluding hydrogens is 470 g/mol. The molecule has 0 aliphatic rings. The van der Waals surface area contributed by atoms with Crippen LogP contribution < -0.4 is 16.4 Å². The zero-order valence-electron chi connectivity index (χ0n) is 18.6. The van der Waals surface area contributed by atoms with Crippen LogP contribution in [0.15, 0.2) is 70.1 Å². The molecule has 0 fully saturated rings. The average molecular weight is 488 g/mol. The number of halogens is 1. The van der Waals surface area contributed by atoms with Crippen molar-refractivity contribution >= 4 is 45.4 Å². The third-order valence-electron chi connectivity index (χ3n) is 5.58. The van der Waals surface area contributed by atoms with Crippen molar-refractivity contribution in [3.8, 4) is 11.3 Å². The first-order valence-electron chi connectivity index (χ1n) is 10.5. The maximum Gasteiger partial charge on any atom is 0.274 e. The zero-order chi connectivity index (χ0) is 24.7. The number of hydrazine groups is 1. The van der Waals surface area contributed by atoms with Crippen LogP contribution in [0.25, 0.3) is 33.3 Å². The van der Waals surface area contributed by atoms with Crippen molar-refractivity contribution in [2.24, 2.45) is 7.05 Å². The molecule has 2 N–H and O–H groups in total. The van der Waals surface area contributed by atoms with E-state index in [-0.39, 0.29) is 28.0 Å². The Kier molecular flexibility index (Phi) is 5.54. The van der Waals surface area contributed by atoms with Crippen molar-refractivity contribution in [1.29, 1.82) is 0 Å². The summed E-state index contributed by atoms with van der Waals surface area (Å²) in [6, 6.07) is 16.0. The molecule has 2 aromatic carbocycles. The molecule has 3 heterocycles. The first kappa shape index (κ1) is 22.3. The Morgan fingerprint density at radius 2 is 1.74 bits per heavy atom. The standard InChI is InChI=1S/C25H18ClN5O4/c1-13-20(21-24(35-13)27-12-31(2)25(21)34)23(33)30-29-22(32)16-11-19(15-8-3-5-9-17(15)26)28-18-10-6-4-7-14(16)18/h3-12H,1-2H3,(H,29,32)(H,30,33). The summed E-state index contributed by atoms with van der Waals surface area (Å²) in [5.41, 5.74) is 6.48. The maximum atomic E-state index is 13.2. The number of benzene rings is 2. The van der Waals surface area contributed by atoms with Gasteiger partial charge in [-0.25, -0.2) is 9.97 Å². The van der Waals surface area contributed by atoms with Gasteiger partial charge in [-0.05, 0) is 25.1 Å². The van der Waals surface area contributed by atoms with E-state index >= 15 is 0 Å². The highest BCUT2D eigenvalue weighted by Crippen LogP contribution is 2.29. The normalized spacial score (nSPS) is 11.1. The summed E-state index contributed by atoms with van der Waals surface area (Å²) < 4.78 is 6.70. The van der Waals surface area contributed by atoms with Gasteiger partial charge in [0.15, 0.2) is 0 Å². The van der Waals surface area contributed by atoms with Crippen molar-refractivity contribution in [1.82, 2.24) is 25.4 Å². The van der Waals surface area contributed by atoms with Gasteiger partial charge in [0.25, 0.3) is 17.4 Å². The minimum absolute atomic E-state index is 0.00495. The third-order valence-corrected chi connectivity index (χ3v) is 5.90. The molecule has 9 nitrogen and oxygen atoms in total. The van der Waals surface area contributed by atoms with Crippen LogP contribution in [0.4, 0.5) is 0 Å². The molecule has 0 saturated heterocycles. The largest absolute Gasteiger partial charge is 0.442 e. The van der Waals surface area contributed by atoms with Gasteiger partial charge in [0, 0.05) is 23.0 Å². The number of hydrogen-bond acceptors (Lipinski definition) is 6. The van der Waals surface area contributed by atoms with Crippen LogP contribution in [0.5, 0.6) is 0 Å². The molecule has 0 aliphatic heterocycles. The molecule has 0 spiro atoms. The number of amides is 2. The van der Waals surface area contributed by atoms with Crippen LogP contribution in [0, 0.1) is 6.92 Å². The van der Waals surface area contributed by atoms with E-state index in [9.17, 15) is 14.4 Å². The number of nitrogens with one attached hydrogen (secondary N) is 2. The van der Waals surface area contributed by atoms with E-state index in [1.54, 1.807) is 43.3 Å². The van der Waals surface area contributed by atoms with Crippen LogP contribution in [0.1, 0.15) is 26.5 Å². The second-order valence-electron chi connectivity index (χ2n) is 7.83. The van der Waals surface area contributed by atoms with E-state index in [4.69, 9.17) is 16.0 Å². The summed E-state index contributed by atoms with van der Waals surface area (Å²) in [7, 11) is 1.52. The lowest BCUT2D eigenvalue weighted by Gasteiger charge is -2.12. The molecule has 0 unspecified atom stereocenters. The van der Waals surface area contributed by atoms with E-state index in [0.29, 0.717) is 27.2 Å². The number of rotatable bonds is 3. The highest BCUT2D eigenvalue weighted by atomic mass is 35.5. The molecule has 5 aromatic rings. The number of aryl methyl sites for hydroxylation is 2. The Morgan fingerprint density at radius 1 is 1.03 bits per heavy atom. The van der Waals surface area contributed by atoms with Gasteiger partial charge in [0.05, 0.1) is 22.3 Å². The van der Waals surface area contributed by atoms with Gasteiger partial charge < -0.3 is 8.98 Å². The Morgan fingerprint density at radius 3 is 2.54 bits per heavy atom. The molecular formula is C25H18ClN5O4. The van der Waals surface area contributed by atoms with Gasteiger partial charge >= 0.3 is 0 Å². The highest BCUT2D eigenvalue weighted by Gasteiger charge is 2.23. The number of fused-ring (bicyclic) bond motifs is 2. The van der Waals surface area contributed by atoms with E-state index in [1.165, 1.54) is 17.9 Å². The summed E-state index contributed by atoms with van der Waals surface area (Å²) in [5.74, 6) is -1.07. The summed E-state index contributed by atoms with van der Waals surface area (Å²) in [6.07, 6.45) is 1.31. The predicted molar refractivity (Wildman–Crippen MR) is 131 cm³/mol. The maximum absolute atomic E-state index is 13.2. The lowest BCUT2D eigenvalue weighted by atomic mass is 10.0. The zero-order valence-corrected chi connectivity index (χ0v) is 19.4. The molecule has 0 aliphatic carbocycles. The molecule has 0 bridgehead atoms. The monoisotopic (exact) mass is 487 g/mol. The van der Waals surface area contributed by atoms with E-state index in [1.807, 2.05) is 18.2 Å². The Balaban J connectivity index is 1.49. The van der Waals surface area contributed by atoms with Crippen molar-refractivity contribution < 1.29 is 14.0 Å². The SMILES string of the molecule is Cc1oc2ncn(C)c(=O)c2c1C(=O)NNC(=O)c1cc(-c2ccccc2Cl)nc2ccccc12. The number of carbonyl (C=O) groups excluding carboxylic acids is 2. The number of para-hydroxylation sites is 1. The van der Waals surface area contributed by atoms with E-state index < -0.39 is 17.4 Å². The quantitative estimate of drug-likeness (QED) is 0.374. The van der Waals surface area contributed by atoms with Gasteiger partial charge in [-0.1, -0.05) is 48.0 Å². The molecule has 0 saturated carbocycles. The topological polar surface area (TPSA) is 119 Å². The fourth-order valence-electron chi connectivity index (χ4n) is 3.87. The highest BCUT2D eigenvalue weighted by molar-refractivity contribution is 6.33. The molecule has 5 rings (SSSR count). The van der Waals surface area contributed by atoms with Gasteiger partial charge in [-0.2, -0.15) is 0 Å². The lowest BCUT2D eigenvalue weighted by molar-refractivity contribution is 0.0847. The molecule has 0 radical (unpaired) electrons. The molecule has 2 amide bonds. The minimum Gasteiger partial charge on any atom is -0.442 e. The van der Waals surface area contributed by atoms with Crippen LogP contribution in [0.3, 0.4) is 0 Å². The average Bonchev–Trinajstić information content (AvgIpc) is 3.21. The Labute approximate surface area is 203 Å². The van der Waals surface area contributed by atoms with E-state index in [2.05, 4.69) is 20.8 Å². The lowest BCUT2D eigenvalue weighted by Crippen LogP contribution is -2.42. The Hall–Kier alpha value is -4.50.